The second kappa shape index (κ2) is 6.59. The molecule has 2 aromatic rings. The summed E-state index contributed by atoms with van der Waals surface area (Å²) in [4.78, 5) is 14.2. The highest BCUT2D eigenvalue weighted by Gasteiger charge is 2.28. The Kier molecular flexibility index (Phi) is 4.53. The SMILES string of the molecule is CC1c2cc(F)ccc2CCN1C(=O)COc1ccc(Cl)cc1. The molecule has 1 unspecified atom stereocenters. The third-order valence-electron chi connectivity index (χ3n) is 4.14. The summed E-state index contributed by atoms with van der Waals surface area (Å²) >= 11 is 5.81. The third kappa shape index (κ3) is 3.48. The summed E-state index contributed by atoms with van der Waals surface area (Å²) in [6.07, 6.45) is 0.729. The van der Waals surface area contributed by atoms with Gasteiger partial charge < -0.3 is 9.64 Å². The first-order valence-electron chi connectivity index (χ1n) is 7.51. The van der Waals surface area contributed by atoms with E-state index in [-0.39, 0.29) is 24.4 Å². The molecule has 1 heterocycles. The third-order valence-corrected chi connectivity index (χ3v) is 4.40. The zero-order valence-electron chi connectivity index (χ0n) is 12.8. The normalized spacial score (nSPS) is 16.8. The van der Waals surface area contributed by atoms with Gasteiger partial charge >= 0.3 is 0 Å². The molecular weight excluding hydrogens is 317 g/mol. The summed E-state index contributed by atoms with van der Waals surface area (Å²) in [6.45, 7) is 2.48. The quantitative estimate of drug-likeness (QED) is 0.849. The molecule has 2 aromatic carbocycles. The minimum absolute atomic E-state index is 0.0450. The van der Waals surface area contributed by atoms with Gasteiger partial charge in [0.05, 0.1) is 6.04 Å². The van der Waals surface area contributed by atoms with E-state index < -0.39 is 0 Å². The van der Waals surface area contributed by atoms with Crippen molar-refractivity contribution in [2.75, 3.05) is 13.2 Å². The molecule has 3 nitrogen and oxygen atoms in total. The Morgan fingerprint density at radius 3 is 2.78 bits per heavy atom. The highest BCUT2D eigenvalue weighted by atomic mass is 35.5. The van der Waals surface area contributed by atoms with E-state index in [4.69, 9.17) is 16.3 Å². The lowest BCUT2D eigenvalue weighted by Crippen LogP contribution is -2.41. The Morgan fingerprint density at radius 1 is 1.30 bits per heavy atom. The first-order valence-corrected chi connectivity index (χ1v) is 7.88. The molecule has 120 valence electrons. The number of rotatable bonds is 3. The van der Waals surface area contributed by atoms with Gasteiger partial charge in [0.15, 0.2) is 6.61 Å². The smallest absolute Gasteiger partial charge is 0.261 e. The number of fused-ring (bicyclic) bond motifs is 1. The summed E-state index contributed by atoms with van der Waals surface area (Å²) in [6, 6.07) is 11.5. The van der Waals surface area contributed by atoms with Crippen molar-refractivity contribution in [3.8, 4) is 5.75 Å². The van der Waals surface area contributed by atoms with Gasteiger partial charge in [0.25, 0.3) is 5.91 Å². The summed E-state index contributed by atoms with van der Waals surface area (Å²) in [5.41, 5.74) is 1.97. The molecule has 1 amide bonds. The van der Waals surface area contributed by atoms with Gasteiger partial charge in [-0.25, -0.2) is 4.39 Å². The number of halogens is 2. The molecule has 0 bridgehead atoms. The Morgan fingerprint density at radius 2 is 2.04 bits per heavy atom. The largest absolute Gasteiger partial charge is 0.484 e. The molecule has 1 aliphatic heterocycles. The van der Waals surface area contributed by atoms with E-state index in [9.17, 15) is 9.18 Å². The fourth-order valence-electron chi connectivity index (χ4n) is 2.88. The average molecular weight is 334 g/mol. The summed E-state index contributed by atoms with van der Waals surface area (Å²) in [7, 11) is 0. The maximum atomic E-state index is 13.5. The molecule has 0 radical (unpaired) electrons. The number of hydrogen-bond donors (Lipinski definition) is 0. The minimum atomic E-state index is -0.276. The molecule has 5 heteroatoms. The van der Waals surface area contributed by atoms with Crippen LogP contribution in [0, 0.1) is 5.82 Å². The standard InChI is InChI=1S/C18H17ClFNO2/c1-12-17-10-15(20)5-2-13(17)8-9-21(12)18(22)11-23-16-6-3-14(19)4-7-16/h2-7,10,12H,8-9,11H2,1H3. The van der Waals surface area contributed by atoms with Gasteiger partial charge in [0.1, 0.15) is 11.6 Å². The first kappa shape index (κ1) is 15.8. The zero-order valence-corrected chi connectivity index (χ0v) is 13.5. The van der Waals surface area contributed by atoms with Crippen LogP contribution >= 0.6 is 11.6 Å². The Bertz CT molecular complexity index is 717. The van der Waals surface area contributed by atoms with Gasteiger partial charge in [-0.2, -0.15) is 0 Å². The number of carbonyl (C=O) groups is 1. The molecule has 0 spiro atoms. The van der Waals surface area contributed by atoms with Crippen molar-refractivity contribution in [2.45, 2.75) is 19.4 Å². The van der Waals surface area contributed by atoms with Crippen LogP contribution in [0.5, 0.6) is 5.75 Å². The van der Waals surface area contributed by atoms with E-state index in [1.165, 1.54) is 12.1 Å². The van der Waals surface area contributed by atoms with Crippen LogP contribution in [0.25, 0.3) is 0 Å². The van der Waals surface area contributed by atoms with Crippen molar-refractivity contribution in [3.63, 3.8) is 0 Å². The summed E-state index contributed by atoms with van der Waals surface area (Å²) < 4.78 is 19.0. The highest BCUT2D eigenvalue weighted by molar-refractivity contribution is 6.30. The molecule has 1 aliphatic rings. The predicted octanol–water partition coefficient (Wildman–Crippen LogP) is 4.00. The van der Waals surface area contributed by atoms with Gasteiger partial charge in [-0.3, -0.25) is 4.79 Å². The molecule has 0 N–H and O–H groups in total. The van der Waals surface area contributed by atoms with E-state index in [2.05, 4.69) is 0 Å². The number of amides is 1. The van der Waals surface area contributed by atoms with Crippen LogP contribution in [-0.4, -0.2) is 24.0 Å². The van der Waals surface area contributed by atoms with E-state index in [1.54, 1.807) is 35.2 Å². The van der Waals surface area contributed by atoms with E-state index >= 15 is 0 Å². The highest BCUT2D eigenvalue weighted by Crippen LogP contribution is 2.30. The maximum Gasteiger partial charge on any atom is 0.261 e. The minimum Gasteiger partial charge on any atom is -0.484 e. The fraction of sp³-hybridized carbons (Fsp3) is 0.278. The van der Waals surface area contributed by atoms with Crippen LogP contribution in [0.1, 0.15) is 24.1 Å². The molecule has 23 heavy (non-hydrogen) atoms. The van der Waals surface area contributed by atoms with Gasteiger partial charge in [0, 0.05) is 11.6 Å². The molecule has 3 rings (SSSR count). The second-order valence-corrected chi connectivity index (χ2v) is 6.04. The lowest BCUT2D eigenvalue weighted by atomic mass is 9.93. The van der Waals surface area contributed by atoms with Crippen LogP contribution < -0.4 is 4.74 Å². The number of benzene rings is 2. The van der Waals surface area contributed by atoms with Crippen molar-refractivity contribution in [1.29, 1.82) is 0 Å². The van der Waals surface area contributed by atoms with E-state index in [0.29, 0.717) is 17.3 Å². The van der Waals surface area contributed by atoms with Crippen molar-refractivity contribution >= 4 is 17.5 Å². The van der Waals surface area contributed by atoms with Gasteiger partial charge in [-0.15, -0.1) is 0 Å². The lowest BCUT2D eigenvalue weighted by Gasteiger charge is -2.35. The number of hydrogen-bond acceptors (Lipinski definition) is 2. The molecule has 0 saturated carbocycles. The van der Waals surface area contributed by atoms with Gasteiger partial charge in [-0.1, -0.05) is 17.7 Å². The molecule has 0 aliphatic carbocycles. The van der Waals surface area contributed by atoms with E-state index in [0.717, 1.165) is 17.5 Å². The topological polar surface area (TPSA) is 29.5 Å². The van der Waals surface area contributed by atoms with Crippen molar-refractivity contribution < 1.29 is 13.9 Å². The molecule has 1 atom stereocenters. The van der Waals surface area contributed by atoms with Crippen LogP contribution in [0.15, 0.2) is 42.5 Å². The monoisotopic (exact) mass is 333 g/mol. The maximum absolute atomic E-state index is 13.5. The first-order chi connectivity index (χ1) is 11.0. The van der Waals surface area contributed by atoms with Crippen LogP contribution in [0.4, 0.5) is 4.39 Å². The molecule has 0 aromatic heterocycles. The lowest BCUT2D eigenvalue weighted by molar-refractivity contribution is -0.136. The molecular formula is C18H17ClFNO2. The number of nitrogens with zero attached hydrogens (tertiary/aromatic N) is 1. The number of carbonyl (C=O) groups excluding carboxylic acids is 1. The predicted molar refractivity (Wildman–Crippen MR) is 87.2 cm³/mol. The second-order valence-electron chi connectivity index (χ2n) is 5.60. The van der Waals surface area contributed by atoms with Crippen molar-refractivity contribution in [2.24, 2.45) is 0 Å². The van der Waals surface area contributed by atoms with Crippen LogP contribution in [-0.2, 0) is 11.2 Å². The summed E-state index contributed by atoms with van der Waals surface area (Å²) in [5, 5.41) is 0.618. The Labute approximate surface area is 139 Å². The Balaban J connectivity index is 1.67. The zero-order chi connectivity index (χ0) is 16.4. The Hall–Kier alpha value is -2.07. The van der Waals surface area contributed by atoms with Crippen LogP contribution in [0.2, 0.25) is 5.02 Å². The van der Waals surface area contributed by atoms with Gasteiger partial charge in [-0.05, 0) is 60.9 Å². The fourth-order valence-corrected chi connectivity index (χ4v) is 3.01. The van der Waals surface area contributed by atoms with E-state index in [1.807, 2.05) is 6.92 Å². The van der Waals surface area contributed by atoms with Crippen LogP contribution in [0.3, 0.4) is 0 Å². The number of ether oxygens (including phenoxy) is 1. The molecule has 0 fully saturated rings. The van der Waals surface area contributed by atoms with Gasteiger partial charge in [0.2, 0.25) is 0 Å². The summed E-state index contributed by atoms with van der Waals surface area (Å²) in [5.74, 6) is 0.212. The average Bonchev–Trinajstić information content (AvgIpc) is 2.55. The van der Waals surface area contributed by atoms with Crippen molar-refractivity contribution in [1.82, 2.24) is 4.90 Å². The molecule has 0 saturated heterocycles. The van der Waals surface area contributed by atoms with Crippen molar-refractivity contribution in [3.05, 3.63) is 64.4 Å².